The molecule has 4 heteroatoms. The second-order valence-corrected chi connectivity index (χ2v) is 9.14. The van der Waals surface area contributed by atoms with E-state index in [1.807, 2.05) is 36.4 Å². The van der Waals surface area contributed by atoms with Crippen molar-refractivity contribution in [2.24, 2.45) is 4.99 Å². The zero-order chi connectivity index (χ0) is 21.3. The normalized spacial score (nSPS) is 23.2. The van der Waals surface area contributed by atoms with Gasteiger partial charge in [-0.05, 0) is 35.4 Å². The van der Waals surface area contributed by atoms with E-state index in [-0.39, 0.29) is 22.4 Å². The number of benzene rings is 2. The van der Waals surface area contributed by atoms with E-state index in [0.29, 0.717) is 11.1 Å². The number of carbonyl (C=O) groups is 1. The number of hydrogen-bond acceptors (Lipinski definition) is 4. The second-order valence-electron chi connectivity index (χ2n) is 9.14. The zero-order valence-electron chi connectivity index (χ0n) is 17.6. The molecule has 0 amide bonds. The second kappa shape index (κ2) is 6.05. The first kappa shape index (κ1) is 18.6. The summed E-state index contributed by atoms with van der Waals surface area (Å²) in [4.78, 5) is 17.6. The Morgan fingerprint density at radius 3 is 2.23 bits per heavy atom. The van der Waals surface area contributed by atoms with E-state index in [1.54, 1.807) is 12.2 Å². The number of aliphatic imine (C=N–C) groups is 1. The highest BCUT2D eigenvalue weighted by atomic mass is 16.3. The van der Waals surface area contributed by atoms with Gasteiger partial charge in [-0.1, -0.05) is 64.1 Å². The van der Waals surface area contributed by atoms with Crippen LogP contribution < -0.4 is 5.32 Å². The lowest BCUT2D eigenvalue weighted by atomic mass is 9.77. The first-order valence-corrected chi connectivity index (χ1v) is 10.2. The molecule has 0 spiro atoms. The summed E-state index contributed by atoms with van der Waals surface area (Å²) in [7, 11) is 0. The van der Waals surface area contributed by atoms with Crippen LogP contribution in [0.25, 0.3) is 0 Å². The number of fused-ring (bicyclic) bond motifs is 2. The molecule has 2 heterocycles. The number of carbonyl (C=O) groups excluding carboxylic acids is 1. The summed E-state index contributed by atoms with van der Waals surface area (Å²) in [5.41, 5.74) is 6.06. The minimum absolute atomic E-state index is 0.0375. The van der Waals surface area contributed by atoms with Crippen molar-refractivity contribution in [3.8, 4) is 0 Å². The Bertz CT molecular complexity index is 1240. The summed E-state index contributed by atoms with van der Waals surface area (Å²) in [6.07, 6.45) is 3.52. The van der Waals surface area contributed by atoms with Crippen molar-refractivity contribution < 1.29 is 9.90 Å². The van der Waals surface area contributed by atoms with Gasteiger partial charge in [0.25, 0.3) is 0 Å². The van der Waals surface area contributed by atoms with Crippen molar-refractivity contribution >= 4 is 22.9 Å². The molecule has 4 nitrogen and oxygen atoms in total. The van der Waals surface area contributed by atoms with E-state index >= 15 is 0 Å². The first-order chi connectivity index (χ1) is 14.2. The van der Waals surface area contributed by atoms with Gasteiger partial charge in [-0.15, -0.1) is 0 Å². The number of aliphatic hydroxyl groups is 1. The summed E-state index contributed by atoms with van der Waals surface area (Å²) in [5, 5.41) is 14.1. The highest BCUT2D eigenvalue weighted by molar-refractivity contribution is 6.25. The quantitative estimate of drug-likeness (QED) is 0.644. The van der Waals surface area contributed by atoms with Gasteiger partial charge in [0.15, 0.2) is 0 Å². The van der Waals surface area contributed by atoms with Crippen LogP contribution in [0, 0.1) is 0 Å². The number of Topliss-reactive ketones (excluding diaryl/α,β-unsaturated/α-hetero) is 1. The van der Waals surface area contributed by atoms with E-state index < -0.39 is 0 Å². The van der Waals surface area contributed by atoms with Crippen LogP contribution in [0.3, 0.4) is 0 Å². The number of ketones is 1. The predicted octanol–water partition coefficient (Wildman–Crippen LogP) is 5.66. The molecule has 0 radical (unpaired) electrons. The summed E-state index contributed by atoms with van der Waals surface area (Å²) in [6.45, 7) is 8.40. The maximum atomic E-state index is 12.9. The average Bonchev–Trinajstić information content (AvgIpc) is 3.14. The Labute approximate surface area is 176 Å². The molecule has 2 aromatic carbocycles. The van der Waals surface area contributed by atoms with Crippen molar-refractivity contribution in [2.45, 2.75) is 38.5 Å². The van der Waals surface area contributed by atoms with Gasteiger partial charge in [0.1, 0.15) is 5.76 Å². The van der Waals surface area contributed by atoms with Crippen molar-refractivity contribution in [3.63, 3.8) is 0 Å². The Morgan fingerprint density at radius 2 is 1.57 bits per heavy atom. The van der Waals surface area contributed by atoms with E-state index in [0.717, 1.165) is 28.3 Å². The average molecular weight is 396 g/mol. The molecule has 5 rings (SSSR count). The minimum Gasteiger partial charge on any atom is -0.506 e. The summed E-state index contributed by atoms with van der Waals surface area (Å²) < 4.78 is 0. The molecule has 0 saturated carbocycles. The third kappa shape index (κ3) is 2.46. The van der Waals surface area contributed by atoms with Crippen molar-refractivity contribution in [1.82, 2.24) is 0 Å². The van der Waals surface area contributed by atoms with Gasteiger partial charge in [0, 0.05) is 22.2 Å². The molecule has 2 N–H and O–H groups in total. The number of anilines is 1. The number of para-hydroxylation sites is 2. The Hall–Kier alpha value is -3.40. The Kier molecular flexibility index (Phi) is 3.75. The maximum Gasteiger partial charge on any atom is 0.200 e. The summed E-state index contributed by atoms with van der Waals surface area (Å²) in [6, 6.07) is 16.1. The van der Waals surface area contributed by atoms with Gasteiger partial charge in [-0.2, -0.15) is 0 Å². The van der Waals surface area contributed by atoms with Crippen LogP contribution in [-0.4, -0.2) is 16.6 Å². The van der Waals surface area contributed by atoms with Gasteiger partial charge in [0.05, 0.1) is 22.5 Å². The van der Waals surface area contributed by atoms with Crippen LogP contribution in [0.1, 0.15) is 38.8 Å². The molecule has 2 aromatic rings. The molecular weight excluding hydrogens is 372 g/mol. The van der Waals surface area contributed by atoms with Gasteiger partial charge >= 0.3 is 0 Å². The smallest absolute Gasteiger partial charge is 0.200 e. The SMILES string of the molecule is CC1(C)C(/C=C2\C(=O)C(/C=C3\Nc4ccccc4C3(C)C)=C2O)=Nc2ccccc21. The number of nitrogens with zero attached hydrogens (tertiary/aromatic N) is 1. The van der Waals surface area contributed by atoms with E-state index in [4.69, 9.17) is 4.99 Å². The molecule has 0 bridgehead atoms. The Morgan fingerprint density at radius 1 is 0.900 bits per heavy atom. The first-order valence-electron chi connectivity index (χ1n) is 10.2. The molecule has 3 aliphatic rings. The molecule has 0 saturated heterocycles. The van der Waals surface area contributed by atoms with Crippen LogP contribution in [0.15, 0.2) is 88.3 Å². The third-order valence-electron chi connectivity index (χ3n) is 6.57. The molecule has 2 aliphatic heterocycles. The van der Waals surface area contributed by atoms with Crippen molar-refractivity contribution in [1.29, 1.82) is 0 Å². The number of rotatable bonds is 2. The number of nitrogens with one attached hydrogen (secondary N) is 1. The molecule has 0 aromatic heterocycles. The molecule has 150 valence electrons. The van der Waals surface area contributed by atoms with Gasteiger partial charge in [0.2, 0.25) is 5.78 Å². The van der Waals surface area contributed by atoms with Gasteiger partial charge in [-0.25, -0.2) is 0 Å². The zero-order valence-corrected chi connectivity index (χ0v) is 17.6. The lowest BCUT2D eigenvalue weighted by Gasteiger charge is -2.25. The Balaban J connectivity index is 1.49. The molecule has 1 aliphatic carbocycles. The topological polar surface area (TPSA) is 61.7 Å². The predicted molar refractivity (Wildman–Crippen MR) is 120 cm³/mol. The summed E-state index contributed by atoms with van der Waals surface area (Å²) in [5.74, 6) is -0.112. The largest absolute Gasteiger partial charge is 0.506 e. The van der Waals surface area contributed by atoms with Crippen LogP contribution in [0.5, 0.6) is 0 Å². The highest BCUT2D eigenvalue weighted by Gasteiger charge is 2.40. The minimum atomic E-state index is -0.311. The number of allylic oxidation sites excluding steroid dienone is 5. The molecule has 0 unspecified atom stereocenters. The monoisotopic (exact) mass is 396 g/mol. The van der Waals surface area contributed by atoms with Crippen LogP contribution in [0.4, 0.5) is 11.4 Å². The molecule has 0 fully saturated rings. The molecular formula is C26H24N2O2. The third-order valence-corrected chi connectivity index (χ3v) is 6.57. The highest BCUT2D eigenvalue weighted by Crippen LogP contribution is 2.45. The summed E-state index contributed by atoms with van der Waals surface area (Å²) >= 11 is 0. The van der Waals surface area contributed by atoms with Gasteiger partial charge < -0.3 is 10.4 Å². The molecule has 0 atom stereocenters. The fourth-order valence-corrected chi connectivity index (χ4v) is 4.51. The van der Waals surface area contributed by atoms with Crippen molar-refractivity contribution in [2.75, 3.05) is 5.32 Å². The fourth-order valence-electron chi connectivity index (χ4n) is 4.51. The van der Waals surface area contributed by atoms with E-state index in [1.165, 1.54) is 5.56 Å². The van der Waals surface area contributed by atoms with Crippen molar-refractivity contribution in [3.05, 3.63) is 94.4 Å². The van der Waals surface area contributed by atoms with Gasteiger partial charge in [-0.3, -0.25) is 9.79 Å². The fraction of sp³-hybridized carbons (Fsp3) is 0.231. The molecule has 30 heavy (non-hydrogen) atoms. The lowest BCUT2D eigenvalue weighted by Crippen LogP contribution is -2.28. The number of hydrogen-bond donors (Lipinski definition) is 2. The van der Waals surface area contributed by atoms with Crippen LogP contribution >= 0.6 is 0 Å². The van der Waals surface area contributed by atoms with Crippen LogP contribution in [0.2, 0.25) is 0 Å². The van der Waals surface area contributed by atoms with Crippen LogP contribution in [-0.2, 0) is 15.6 Å². The van der Waals surface area contributed by atoms with E-state index in [9.17, 15) is 9.90 Å². The standard InChI is InChI=1S/C26H24N2O2/c1-25(2)17-9-5-7-11-19(17)27-21(25)13-15-23(29)16(24(15)30)14-22-26(3,4)18-10-6-8-12-20(18)28-22/h5-14,27,29H,1-4H3/b16-14-,21-13-. The number of aliphatic hydroxyl groups excluding tert-OH is 1. The van der Waals surface area contributed by atoms with E-state index in [2.05, 4.69) is 45.1 Å². The lowest BCUT2D eigenvalue weighted by molar-refractivity contribution is -0.113. The maximum absolute atomic E-state index is 12.9.